The minimum atomic E-state index is -5.05. The predicted molar refractivity (Wildman–Crippen MR) is 174 cm³/mol. The van der Waals surface area contributed by atoms with Crippen LogP contribution in [0.2, 0.25) is 0 Å². The number of aromatic amines is 1. The van der Waals surface area contributed by atoms with Crippen LogP contribution in [-0.2, 0) is 29.9 Å². The molecular formula is C37H28F7N5O3. The number of hydrogen-bond acceptors (Lipinski definition) is 5. The average Bonchev–Trinajstić information content (AvgIpc) is 3.70. The average molecular weight is 724 g/mol. The summed E-state index contributed by atoms with van der Waals surface area (Å²) < 4.78 is 102. The number of pyridine rings is 2. The zero-order valence-corrected chi connectivity index (χ0v) is 27.4. The summed E-state index contributed by atoms with van der Waals surface area (Å²) in [5, 5.41) is 17.1. The second-order valence-corrected chi connectivity index (χ2v) is 13.5. The number of H-pyrrole nitrogens is 1. The standard InChI is InChI=1S/C37H28F7N5O3/c1-35(2,52)10-8-21-6-7-24(22-4-3-5-25-23(22)9-11-45-34(25)51)31(46-21)28(14-18-12-19(38)15-20(39)13-18)47-29(50)17-49-33-30(32(48-49)37(42,43)44)26-16-27(26)36(33,40)41/h3-7,9,11-13,15,26-28,52H,14,16-17H2,1-2H3,(H,45,51)(H,47,50)/t26-,27+,28-/m0/s1. The van der Waals surface area contributed by atoms with Crippen LogP contribution >= 0.6 is 0 Å². The highest BCUT2D eigenvalue weighted by atomic mass is 19.4. The third-order valence-corrected chi connectivity index (χ3v) is 9.05. The Bertz CT molecular complexity index is 2360. The van der Waals surface area contributed by atoms with Crippen LogP contribution in [0, 0.1) is 29.4 Å². The van der Waals surface area contributed by atoms with E-state index in [0.29, 0.717) is 32.6 Å². The van der Waals surface area contributed by atoms with Gasteiger partial charge in [-0.25, -0.2) is 13.8 Å². The molecule has 7 rings (SSSR count). The van der Waals surface area contributed by atoms with Crippen molar-refractivity contribution in [2.75, 3.05) is 0 Å². The van der Waals surface area contributed by atoms with Gasteiger partial charge in [0.05, 0.1) is 11.7 Å². The van der Waals surface area contributed by atoms with Crippen LogP contribution in [0.1, 0.15) is 66.1 Å². The van der Waals surface area contributed by atoms with Crippen molar-refractivity contribution >= 4 is 16.7 Å². The number of rotatable bonds is 7. The van der Waals surface area contributed by atoms with Crippen LogP contribution in [0.4, 0.5) is 30.7 Å². The number of halogens is 7. The summed E-state index contributed by atoms with van der Waals surface area (Å²) in [6.45, 7) is 1.83. The van der Waals surface area contributed by atoms with Crippen LogP contribution in [0.3, 0.4) is 0 Å². The Morgan fingerprint density at radius 1 is 1.08 bits per heavy atom. The van der Waals surface area contributed by atoms with Gasteiger partial charge in [-0.05, 0) is 91.4 Å². The van der Waals surface area contributed by atoms with Gasteiger partial charge < -0.3 is 15.4 Å². The molecule has 0 bridgehead atoms. The fourth-order valence-corrected chi connectivity index (χ4v) is 6.86. The first-order valence-corrected chi connectivity index (χ1v) is 16.1. The Hall–Kier alpha value is -5.49. The van der Waals surface area contributed by atoms with Gasteiger partial charge in [-0.1, -0.05) is 18.1 Å². The molecule has 2 aliphatic rings. The minimum Gasteiger partial charge on any atom is -0.378 e. The van der Waals surface area contributed by atoms with Gasteiger partial charge in [0.15, 0.2) is 5.69 Å². The lowest BCUT2D eigenvalue weighted by Gasteiger charge is -2.23. The first-order chi connectivity index (χ1) is 24.4. The molecule has 52 heavy (non-hydrogen) atoms. The number of benzene rings is 2. The first-order valence-electron chi connectivity index (χ1n) is 16.1. The maximum atomic E-state index is 15.3. The Balaban J connectivity index is 1.36. The quantitative estimate of drug-likeness (QED) is 0.131. The normalized spacial score (nSPS) is 18.0. The summed E-state index contributed by atoms with van der Waals surface area (Å²) in [7, 11) is 0. The molecule has 3 N–H and O–H groups in total. The first kappa shape index (κ1) is 34.9. The summed E-state index contributed by atoms with van der Waals surface area (Å²) >= 11 is 0. The molecular weight excluding hydrogens is 695 g/mol. The van der Waals surface area contributed by atoms with Gasteiger partial charge in [0.1, 0.15) is 35.2 Å². The summed E-state index contributed by atoms with van der Waals surface area (Å²) in [5.41, 5.74) is -3.91. The number of nitrogens with zero attached hydrogens (tertiary/aromatic N) is 3. The molecule has 3 aromatic heterocycles. The molecule has 0 unspecified atom stereocenters. The Kier molecular flexibility index (Phi) is 8.28. The lowest BCUT2D eigenvalue weighted by Crippen LogP contribution is -2.35. The number of carbonyl (C=O) groups is 1. The third kappa shape index (κ3) is 6.54. The zero-order chi connectivity index (χ0) is 37.3. The smallest absolute Gasteiger partial charge is 0.378 e. The summed E-state index contributed by atoms with van der Waals surface area (Å²) in [4.78, 5) is 33.7. The summed E-state index contributed by atoms with van der Waals surface area (Å²) in [6.07, 6.45) is -4.09. The van der Waals surface area contributed by atoms with E-state index in [1.807, 2.05) is 0 Å². The Morgan fingerprint density at radius 3 is 2.50 bits per heavy atom. The second kappa shape index (κ2) is 12.3. The van der Waals surface area contributed by atoms with Crippen LogP contribution in [0.5, 0.6) is 0 Å². The van der Waals surface area contributed by atoms with Gasteiger partial charge in [-0.3, -0.25) is 14.3 Å². The van der Waals surface area contributed by atoms with E-state index in [9.17, 15) is 36.6 Å². The molecule has 5 aromatic rings. The molecule has 268 valence electrons. The molecule has 0 radical (unpaired) electrons. The second-order valence-electron chi connectivity index (χ2n) is 13.5. The fraction of sp³-hybridized carbons (Fsp3) is 0.297. The van der Waals surface area contributed by atoms with Gasteiger partial charge in [0.2, 0.25) is 5.91 Å². The van der Waals surface area contributed by atoms with Gasteiger partial charge in [-0.15, -0.1) is 0 Å². The lowest BCUT2D eigenvalue weighted by molar-refractivity contribution is -0.142. The molecule has 3 atom stereocenters. The molecule has 0 saturated heterocycles. The van der Waals surface area contributed by atoms with E-state index in [1.54, 1.807) is 30.3 Å². The van der Waals surface area contributed by atoms with Crippen molar-refractivity contribution in [3.63, 3.8) is 0 Å². The van der Waals surface area contributed by atoms with Gasteiger partial charge in [-0.2, -0.15) is 27.1 Å². The van der Waals surface area contributed by atoms with Crippen molar-refractivity contribution in [3.05, 3.63) is 117 Å². The van der Waals surface area contributed by atoms with Crippen molar-refractivity contribution in [2.45, 2.75) is 62.9 Å². The number of amides is 1. The van der Waals surface area contributed by atoms with E-state index in [4.69, 9.17) is 0 Å². The fourth-order valence-electron chi connectivity index (χ4n) is 6.86. The summed E-state index contributed by atoms with van der Waals surface area (Å²) in [5.74, 6) is -3.54. The maximum absolute atomic E-state index is 15.3. The molecule has 1 saturated carbocycles. The van der Waals surface area contributed by atoms with Gasteiger partial charge >= 0.3 is 6.18 Å². The number of aliphatic hydroxyl groups is 1. The van der Waals surface area contributed by atoms with E-state index in [1.165, 1.54) is 26.1 Å². The summed E-state index contributed by atoms with van der Waals surface area (Å²) in [6, 6.07) is 11.0. The highest BCUT2D eigenvalue weighted by molar-refractivity contribution is 5.96. The zero-order valence-electron chi connectivity index (χ0n) is 27.4. The number of alkyl halides is 5. The van der Waals surface area contributed by atoms with Gasteiger partial charge in [0.25, 0.3) is 11.5 Å². The van der Waals surface area contributed by atoms with Crippen molar-refractivity contribution in [1.82, 2.24) is 25.1 Å². The Labute approximate surface area is 290 Å². The van der Waals surface area contributed by atoms with Crippen LogP contribution < -0.4 is 10.9 Å². The topological polar surface area (TPSA) is 113 Å². The highest BCUT2D eigenvalue weighted by Crippen LogP contribution is 2.68. The SMILES string of the molecule is CC(C)(O)C#Cc1ccc(-c2cccc3c(=O)[nH]ccc23)c([C@H](Cc2cc(F)cc(F)c2)NC(=O)Cn2nc(C(F)(F)F)c3c2C(F)(F)[C@@H]2C[C@H]32)n1. The monoisotopic (exact) mass is 723 g/mol. The molecule has 1 fully saturated rings. The van der Waals surface area contributed by atoms with E-state index in [-0.39, 0.29) is 29.8 Å². The van der Waals surface area contributed by atoms with E-state index in [0.717, 1.165) is 12.1 Å². The molecule has 0 aliphatic heterocycles. The molecule has 8 nitrogen and oxygen atoms in total. The van der Waals surface area contributed by atoms with Crippen LogP contribution in [0.25, 0.3) is 21.9 Å². The number of carbonyl (C=O) groups excluding carboxylic acids is 1. The molecule has 1 amide bonds. The van der Waals surface area contributed by atoms with Crippen LogP contribution in [-0.4, -0.2) is 36.4 Å². The van der Waals surface area contributed by atoms with E-state index < -0.39 is 82.2 Å². The van der Waals surface area contributed by atoms with E-state index in [2.05, 4.69) is 32.2 Å². The minimum absolute atomic E-state index is 0.0452. The third-order valence-electron chi connectivity index (χ3n) is 9.05. The predicted octanol–water partition coefficient (Wildman–Crippen LogP) is 6.52. The maximum Gasteiger partial charge on any atom is 0.435 e. The number of aromatic nitrogens is 4. The van der Waals surface area contributed by atoms with Crippen molar-refractivity contribution < 1.29 is 40.6 Å². The van der Waals surface area contributed by atoms with Crippen molar-refractivity contribution in [1.29, 1.82) is 0 Å². The molecule has 0 spiro atoms. The molecule has 3 heterocycles. The van der Waals surface area contributed by atoms with Gasteiger partial charge in [0, 0.05) is 34.7 Å². The molecule has 15 heteroatoms. The van der Waals surface area contributed by atoms with Crippen LogP contribution in [0.15, 0.2) is 65.6 Å². The lowest BCUT2D eigenvalue weighted by atomic mass is 9.92. The number of fused-ring (bicyclic) bond motifs is 4. The largest absolute Gasteiger partial charge is 0.435 e. The molecule has 2 aliphatic carbocycles. The number of hydrogen-bond donors (Lipinski definition) is 3. The molecule has 2 aromatic carbocycles. The highest BCUT2D eigenvalue weighted by Gasteiger charge is 2.68. The Morgan fingerprint density at radius 2 is 1.81 bits per heavy atom. The number of nitrogens with one attached hydrogen (secondary N) is 2. The van der Waals surface area contributed by atoms with Crippen molar-refractivity contribution in [3.8, 4) is 23.0 Å². The van der Waals surface area contributed by atoms with Crippen molar-refractivity contribution in [2.24, 2.45) is 5.92 Å². The van der Waals surface area contributed by atoms with E-state index >= 15 is 8.78 Å².